The first-order valence-electron chi connectivity index (χ1n) is 21.3. The van der Waals surface area contributed by atoms with E-state index in [1.807, 2.05) is 48.5 Å². The van der Waals surface area contributed by atoms with Crippen molar-refractivity contribution in [1.82, 2.24) is 5.32 Å². The van der Waals surface area contributed by atoms with Crippen LogP contribution in [-0.2, 0) is 38.0 Å². The van der Waals surface area contributed by atoms with Crippen LogP contribution in [0.5, 0.6) is 0 Å². The Morgan fingerprint density at radius 3 is 1.39 bits per heavy atom. The molecule has 15 nitrogen and oxygen atoms in total. The molecule has 15 heteroatoms. The van der Waals surface area contributed by atoms with Crippen LogP contribution < -0.4 is 5.32 Å². The third kappa shape index (κ3) is 10.9. The number of carboxylic acids is 1. The van der Waals surface area contributed by atoms with Crippen LogP contribution in [0.3, 0.4) is 0 Å². The van der Waals surface area contributed by atoms with Crippen molar-refractivity contribution in [3.05, 3.63) is 203 Å². The summed E-state index contributed by atoms with van der Waals surface area (Å²) < 4.78 is 41.8. The highest BCUT2D eigenvalue weighted by molar-refractivity contribution is 5.92. The van der Waals surface area contributed by atoms with E-state index in [0.717, 1.165) is 22.3 Å². The summed E-state index contributed by atoms with van der Waals surface area (Å²) in [6.07, 6.45) is -9.61. The predicted octanol–water partition coefficient (Wildman–Crippen LogP) is 7.25. The molecule has 340 valence electrons. The molecule has 0 aromatic heterocycles. The van der Waals surface area contributed by atoms with Crippen LogP contribution in [0.15, 0.2) is 170 Å². The zero-order valence-electron chi connectivity index (χ0n) is 35.6. The van der Waals surface area contributed by atoms with Gasteiger partial charge in [-0.3, -0.25) is 0 Å². The lowest BCUT2D eigenvalue weighted by Gasteiger charge is -2.44. The molecular weight excluding hydrogens is 863 g/mol. The van der Waals surface area contributed by atoms with Gasteiger partial charge < -0.3 is 43.6 Å². The molecule has 2 aliphatic rings. The Labute approximate surface area is 384 Å². The van der Waals surface area contributed by atoms with Crippen LogP contribution in [0.4, 0.5) is 4.79 Å². The Balaban J connectivity index is 1.09. The van der Waals surface area contributed by atoms with E-state index in [1.165, 1.54) is 48.5 Å². The molecule has 8 rings (SSSR count). The van der Waals surface area contributed by atoms with Crippen molar-refractivity contribution >= 4 is 35.9 Å². The first-order valence-corrected chi connectivity index (χ1v) is 21.3. The summed E-state index contributed by atoms with van der Waals surface area (Å²) in [6.45, 7) is -1.58. The second kappa shape index (κ2) is 21.2. The number of rotatable bonds is 16. The number of hydrogen-bond donors (Lipinski definition) is 2. The fourth-order valence-electron chi connectivity index (χ4n) is 7.81. The highest BCUT2D eigenvalue weighted by Gasteiger charge is 2.54. The second-order valence-electron chi connectivity index (χ2n) is 15.4. The van der Waals surface area contributed by atoms with Gasteiger partial charge >= 0.3 is 35.9 Å². The summed E-state index contributed by atoms with van der Waals surface area (Å²) in [7, 11) is 0. The standard InChI is InChI=1S/C52H43NO14/c54-46(55)41(53-52(60)63-29-40-38-27-15-13-25-36(38)37-26-14-16-28-39(37)40)30-62-51-45(67-50(59)35-23-11-4-12-24-35)44(66-49(58)34-21-9-3-10-22-34)43(65-48(57)33-19-7-2-8-20-33)42(64-51)31-61-47(56)32-17-5-1-6-18-32/h1-28,40-45,51H,29-31H2,(H,53,60)(H,54,55)/t41-,42+,43+,44-,45-,51-/m0/s1. The highest BCUT2D eigenvalue weighted by Crippen LogP contribution is 2.44. The van der Waals surface area contributed by atoms with E-state index >= 15 is 0 Å². The molecule has 1 fully saturated rings. The summed E-state index contributed by atoms with van der Waals surface area (Å²) in [5.74, 6) is -5.42. The normalized spacial score (nSPS) is 18.8. The third-order valence-corrected chi connectivity index (χ3v) is 11.1. The van der Waals surface area contributed by atoms with E-state index < -0.39 is 85.9 Å². The zero-order chi connectivity index (χ0) is 46.7. The molecule has 6 aromatic carbocycles. The van der Waals surface area contributed by atoms with Gasteiger partial charge in [-0.05, 0) is 70.8 Å². The van der Waals surface area contributed by atoms with E-state index in [0.29, 0.717) is 0 Å². The number of nitrogens with one attached hydrogen (secondary N) is 1. The minimum Gasteiger partial charge on any atom is -0.480 e. The Bertz CT molecular complexity index is 2650. The molecule has 67 heavy (non-hydrogen) atoms. The number of esters is 4. The van der Waals surface area contributed by atoms with Gasteiger partial charge in [0.15, 0.2) is 30.6 Å². The van der Waals surface area contributed by atoms with Gasteiger partial charge in [0.05, 0.1) is 28.9 Å². The Morgan fingerprint density at radius 2 is 0.910 bits per heavy atom. The van der Waals surface area contributed by atoms with Crippen LogP contribution in [0.2, 0.25) is 0 Å². The number of fused-ring (bicyclic) bond motifs is 3. The second-order valence-corrected chi connectivity index (χ2v) is 15.4. The lowest BCUT2D eigenvalue weighted by Crippen LogP contribution is -2.63. The minimum atomic E-state index is -1.82. The van der Waals surface area contributed by atoms with Gasteiger partial charge in [-0.25, -0.2) is 28.8 Å². The number of carbonyl (C=O) groups is 6. The molecule has 1 aliphatic carbocycles. The van der Waals surface area contributed by atoms with Gasteiger partial charge in [0.2, 0.25) is 0 Å². The number of amides is 1. The lowest BCUT2D eigenvalue weighted by atomic mass is 9.97. The summed E-state index contributed by atoms with van der Waals surface area (Å²) in [4.78, 5) is 81.0. The third-order valence-electron chi connectivity index (χ3n) is 11.1. The van der Waals surface area contributed by atoms with E-state index in [-0.39, 0.29) is 34.8 Å². The highest BCUT2D eigenvalue weighted by atomic mass is 16.7. The Kier molecular flexibility index (Phi) is 14.4. The quantitative estimate of drug-likeness (QED) is 0.0727. The van der Waals surface area contributed by atoms with Crippen molar-refractivity contribution in [1.29, 1.82) is 0 Å². The number of carboxylic acid groups (broad SMARTS) is 1. The van der Waals surface area contributed by atoms with Crippen molar-refractivity contribution in [3.8, 4) is 11.1 Å². The number of ether oxygens (including phenoxy) is 7. The van der Waals surface area contributed by atoms with Crippen molar-refractivity contribution in [2.75, 3.05) is 19.8 Å². The zero-order valence-corrected chi connectivity index (χ0v) is 35.6. The molecule has 1 saturated heterocycles. The maximum atomic E-state index is 13.9. The summed E-state index contributed by atoms with van der Waals surface area (Å²) in [5.41, 5.74) is 4.28. The van der Waals surface area contributed by atoms with Crippen LogP contribution in [0, 0.1) is 0 Å². The topological polar surface area (TPSA) is 199 Å². The lowest BCUT2D eigenvalue weighted by molar-refractivity contribution is -0.299. The molecule has 0 bridgehead atoms. The first kappa shape index (κ1) is 45.4. The molecule has 0 unspecified atom stereocenters. The fraction of sp³-hybridized carbons (Fsp3) is 0.192. The molecule has 2 N–H and O–H groups in total. The smallest absolute Gasteiger partial charge is 0.407 e. The minimum absolute atomic E-state index is 0.0615. The first-order chi connectivity index (χ1) is 32.6. The number of benzene rings is 6. The number of carbonyl (C=O) groups excluding carboxylic acids is 5. The molecule has 1 heterocycles. The van der Waals surface area contributed by atoms with E-state index in [9.17, 15) is 33.9 Å². The fourth-order valence-corrected chi connectivity index (χ4v) is 7.81. The van der Waals surface area contributed by atoms with Crippen molar-refractivity contribution < 1.29 is 67.0 Å². The molecule has 6 aromatic rings. The Hall–Kier alpha value is -8.14. The van der Waals surface area contributed by atoms with Gasteiger partial charge in [0.1, 0.15) is 19.3 Å². The van der Waals surface area contributed by atoms with Crippen molar-refractivity contribution in [3.63, 3.8) is 0 Å². The largest absolute Gasteiger partial charge is 0.480 e. The molecule has 0 radical (unpaired) electrons. The number of hydrogen-bond acceptors (Lipinski definition) is 13. The summed E-state index contributed by atoms with van der Waals surface area (Å²) in [6, 6.07) is 45.1. The van der Waals surface area contributed by atoms with Crippen molar-refractivity contribution in [2.45, 2.75) is 42.7 Å². The van der Waals surface area contributed by atoms with Crippen LogP contribution in [0.1, 0.15) is 58.5 Å². The van der Waals surface area contributed by atoms with Gasteiger partial charge in [-0.1, -0.05) is 121 Å². The van der Waals surface area contributed by atoms with E-state index in [4.69, 9.17) is 33.2 Å². The van der Waals surface area contributed by atoms with Crippen LogP contribution in [0.25, 0.3) is 11.1 Å². The molecule has 1 amide bonds. The van der Waals surface area contributed by atoms with Crippen molar-refractivity contribution in [2.24, 2.45) is 0 Å². The SMILES string of the molecule is O=C(N[C@@H](CO[C@H]1O[C@H](COC(=O)c2ccccc2)[C@@H](OC(=O)c2ccccc2)[C@H](OC(=O)c2ccccc2)[C@@H]1OC(=O)c1ccccc1)C(=O)O)OCC1c2ccccc2-c2ccccc21. The van der Waals surface area contributed by atoms with Crippen LogP contribution >= 0.6 is 0 Å². The molecule has 1 aliphatic heterocycles. The average molecular weight is 906 g/mol. The number of aliphatic carboxylic acids is 1. The average Bonchev–Trinajstić information content (AvgIpc) is 3.69. The summed E-state index contributed by atoms with van der Waals surface area (Å²) >= 11 is 0. The molecule has 0 spiro atoms. The van der Waals surface area contributed by atoms with Gasteiger partial charge in [0.25, 0.3) is 0 Å². The van der Waals surface area contributed by atoms with Gasteiger partial charge in [-0.15, -0.1) is 0 Å². The van der Waals surface area contributed by atoms with Crippen LogP contribution in [-0.4, -0.2) is 97.6 Å². The number of alkyl carbamates (subject to hydrolysis) is 1. The van der Waals surface area contributed by atoms with E-state index in [1.54, 1.807) is 72.8 Å². The maximum Gasteiger partial charge on any atom is 0.407 e. The molecule has 6 atom stereocenters. The predicted molar refractivity (Wildman–Crippen MR) is 238 cm³/mol. The van der Waals surface area contributed by atoms with E-state index in [2.05, 4.69) is 5.32 Å². The monoisotopic (exact) mass is 905 g/mol. The molecular formula is C52H43NO14. The molecule has 0 saturated carbocycles. The summed E-state index contributed by atoms with van der Waals surface area (Å²) in [5, 5.41) is 12.7. The van der Waals surface area contributed by atoms with Gasteiger partial charge in [-0.2, -0.15) is 0 Å². The van der Waals surface area contributed by atoms with Gasteiger partial charge in [0, 0.05) is 5.92 Å². The Morgan fingerprint density at radius 1 is 0.493 bits per heavy atom. The maximum absolute atomic E-state index is 13.9.